The van der Waals surface area contributed by atoms with Gasteiger partial charge in [-0.3, -0.25) is 4.99 Å². The number of guanidine groups is 1. The number of aliphatic imine (C=N–C) groups is 1. The van der Waals surface area contributed by atoms with E-state index < -0.39 is 10.0 Å². The van der Waals surface area contributed by atoms with E-state index in [0.29, 0.717) is 19.6 Å². The summed E-state index contributed by atoms with van der Waals surface area (Å²) in [6.07, 6.45) is 2.35. The maximum atomic E-state index is 12.0. The van der Waals surface area contributed by atoms with Crippen LogP contribution in [0.4, 0.5) is 0 Å². The van der Waals surface area contributed by atoms with Gasteiger partial charge in [0.05, 0.1) is 11.4 Å². The lowest BCUT2D eigenvalue weighted by atomic mass is 10.1. The van der Waals surface area contributed by atoms with Crippen LogP contribution in [0.15, 0.2) is 9.52 Å². The van der Waals surface area contributed by atoms with Crippen LogP contribution in [0.25, 0.3) is 0 Å². The summed E-state index contributed by atoms with van der Waals surface area (Å²) in [5.41, 5.74) is 2.03. The Hall–Kier alpha value is -1.61. The van der Waals surface area contributed by atoms with Gasteiger partial charge in [-0.25, -0.2) is 12.7 Å². The number of hydrogen-bond donors (Lipinski definition) is 2. The Bertz CT molecular complexity index is 686. The number of nitrogens with zero attached hydrogens (tertiary/aromatic N) is 3. The predicted octanol–water partition coefficient (Wildman–Crippen LogP) is 1.20. The second-order valence-electron chi connectivity index (χ2n) is 6.53. The fraction of sp³-hybridized carbons (Fsp3) is 0.765. The smallest absolute Gasteiger partial charge is 0.213 e. The van der Waals surface area contributed by atoms with Crippen LogP contribution >= 0.6 is 0 Å². The highest BCUT2D eigenvalue weighted by atomic mass is 32.2. The van der Waals surface area contributed by atoms with Crippen LogP contribution in [-0.4, -0.2) is 61.8 Å². The molecule has 0 radical (unpaired) electrons. The van der Waals surface area contributed by atoms with Gasteiger partial charge in [-0.2, -0.15) is 0 Å². The summed E-state index contributed by atoms with van der Waals surface area (Å²) in [6, 6.07) is 0.232. The van der Waals surface area contributed by atoms with Crippen LogP contribution in [0.5, 0.6) is 0 Å². The van der Waals surface area contributed by atoms with E-state index in [1.807, 2.05) is 20.8 Å². The normalized spacial score (nSPS) is 17.5. The van der Waals surface area contributed by atoms with E-state index in [2.05, 4.69) is 20.8 Å². The molecule has 1 fully saturated rings. The Morgan fingerprint density at radius 2 is 2.00 bits per heavy atom. The fourth-order valence-corrected chi connectivity index (χ4v) is 4.24. The largest absolute Gasteiger partial charge is 0.361 e. The standard InChI is InChI=1S/C17H31N5O3S/c1-5-18-17(19-10-7-16-13(3)21-25-14(16)4)20-15-8-11-22(12-9-15)26(23,24)6-2/h15H,5-12H2,1-4H3,(H2,18,19,20). The number of sulfonamides is 1. The van der Waals surface area contributed by atoms with Crippen molar-refractivity contribution in [3.05, 3.63) is 17.0 Å². The number of piperidine rings is 1. The zero-order valence-electron chi connectivity index (χ0n) is 16.2. The second kappa shape index (κ2) is 9.36. The van der Waals surface area contributed by atoms with Gasteiger partial charge in [0.15, 0.2) is 5.96 Å². The molecule has 0 unspecified atom stereocenters. The summed E-state index contributed by atoms with van der Waals surface area (Å²) in [6.45, 7) is 10.1. The molecule has 9 heteroatoms. The summed E-state index contributed by atoms with van der Waals surface area (Å²) in [7, 11) is -3.09. The number of nitrogens with one attached hydrogen (secondary N) is 2. The SMILES string of the molecule is CCNC(=NCCc1c(C)noc1C)NC1CCN(S(=O)(=O)CC)CC1. The third-order valence-corrected chi connectivity index (χ3v) is 6.59. The van der Waals surface area contributed by atoms with E-state index in [1.165, 1.54) is 0 Å². The molecule has 148 valence electrons. The first-order chi connectivity index (χ1) is 12.4. The van der Waals surface area contributed by atoms with Gasteiger partial charge in [0.2, 0.25) is 10.0 Å². The van der Waals surface area contributed by atoms with Crippen molar-refractivity contribution in [1.82, 2.24) is 20.1 Å². The summed E-state index contributed by atoms with van der Waals surface area (Å²) >= 11 is 0. The van der Waals surface area contributed by atoms with Crippen molar-refractivity contribution in [3.63, 3.8) is 0 Å². The fourth-order valence-electron chi connectivity index (χ4n) is 3.11. The van der Waals surface area contributed by atoms with Gasteiger partial charge in [0.1, 0.15) is 5.76 Å². The van der Waals surface area contributed by atoms with Crippen molar-refractivity contribution in [2.45, 2.75) is 53.0 Å². The highest BCUT2D eigenvalue weighted by Crippen LogP contribution is 2.15. The molecule has 0 amide bonds. The van der Waals surface area contributed by atoms with E-state index in [1.54, 1.807) is 11.2 Å². The Labute approximate surface area is 156 Å². The van der Waals surface area contributed by atoms with Crippen LogP contribution < -0.4 is 10.6 Å². The van der Waals surface area contributed by atoms with E-state index in [9.17, 15) is 8.42 Å². The predicted molar refractivity (Wildman–Crippen MR) is 103 cm³/mol. The van der Waals surface area contributed by atoms with Gasteiger partial charge in [-0.1, -0.05) is 5.16 Å². The van der Waals surface area contributed by atoms with Crippen molar-refractivity contribution in [2.24, 2.45) is 4.99 Å². The lowest BCUT2D eigenvalue weighted by Crippen LogP contribution is -2.50. The summed E-state index contributed by atoms with van der Waals surface area (Å²) < 4.78 is 30.7. The average Bonchev–Trinajstić information content (AvgIpc) is 2.94. The second-order valence-corrected chi connectivity index (χ2v) is 8.79. The van der Waals surface area contributed by atoms with Crippen molar-refractivity contribution < 1.29 is 12.9 Å². The Morgan fingerprint density at radius 1 is 1.31 bits per heavy atom. The number of rotatable bonds is 7. The Balaban J connectivity index is 1.88. The average molecular weight is 386 g/mol. The molecule has 26 heavy (non-hydrogen) atoms. The highest BCUT2D eigenvalue weighted by molar-refractivity contribution is 7.89. The topological polar surface area (TPSA) is 99.8 Å². The molecule has 1 aliphatic heterocycles. The van der Waals surface area contributed by atoms with Crippen LogP contribution in [-0.2, 0) is 16.4 Å². The molecule has 0 spiro atoms. The van der Waals surface area contributed by atoms with Crippen molar-refractivity contribution in [1.29, 1.82) is 0 Å². The number of hydrogen-bond acceptors (Lipinski definition) is 5. The minimum Gasteiger partial charge on any atom is -0.361 e. The quantitative estimate of drug-likeness (QED) is 0.540. The minimum absolute atomic E-state index is 0.164. The zero-order valence-corrected chi connectivity index (χ0v) is 17.0. The van der Waals surface area contributed by atoms with Gasteiger partial charge >= 0.3 is 0 Å². The van der Waals surface area contributed by atoms with Gasteiger partial charge in [-0.15, -0.1) is 0 Å². The number of aromatic nitrogens is 1. The lowest BCUT2D eigenvalue weighted by molar-refractivity contribution is 0.306. The Kier molecular flexibility index (Phi) is 7.45. The molecule has 2 N–H and O–H groups in total. The molecular formula is C17H31N5O3S. The van der Waals surface area contributed by atoms with Gasteiger partial charge < -0.3 is 15.2 Å². The molecule has 2 rings (SSSR count). The maximum absolute atomic E-state index is 12.0. The molecule has 1 aliphatic rings. The van der Waals surface area contributed by atoms with E-state index in [-0.39, 0.29) is 11.8 Å². The molecule has 8 nitrogen and oxygen atoms in total. The van der Waals surface area contributed by atoms with Gasteiger partial charge in [0, 0.05) is 37.8 Å². The third-order valence-electron chi connectivity index (χ3n) is 4.71. The summed E-state index contributed by atoms with van der Waals surface area (Å²) in [4.78, 5) is 4.64. The molecule has 0 aromatic carbocycles. The lowest BCUT2D eigenvalue weighted by Gasteiger charge is -2.32. The first-order valence-electron chi connectivity index (χ1n) is 9.31. The first kappa shape index (κ1) is 20.7. The molecular weight excluding hydrogens is 354 g/mol. The van der Waals surface area contributed by atoms with Gasteiger partial charge in [0.25, 0.3) is 0 Å². The molecule has 1 saturated heterocycles. The van der Waals surface area contributed by atoms with Crippen LogP contribution in [0.3, 0.4) is 0 Å². The highest BCUT2D eigenvalue weighted by Gasteiger charge is 2.27. The molecule has 0 saturated carbocycles. The molecule has 0 atom stereocenters. The minimum atomic E-state index is -3.09. The van der Waals surface area contributed by atoms with Crippen molar-refractivity contribution in [2.75, 3.05) is 31.9 Å². The van der Waals surface area contributed by atoms with Gasteiger partial charge in [-0.05, 0) is 47.0 Å². The van der Waals surface area contributed by atoms with Crippen LogP contribution in [0, 0.1) is 13.8 Å². The van der Waals surface area contributed by atoms with E-state index in [0.717, 1.165) is 48.8 Å². The third kappa shape index (κ3) is 5.44. The van der Waals surface area contributed by atoms with E-state index in [4.69, 9.17) is 4.52 Å². The van der Waals surface area contributed by atoms with Crippen LogP contribution in [0.1, 0.15) is 43.7 Å². The monoisotopic (exact) mass is 385 g/mol. The van der Waals surface area contributed by atoms with Crippen molar-refractivity contribution >= 4 is 16.0 Å². The van der Waals surface area contributed by atoms with E-state index >= 15 is 0 Å². The molecule has 0 bridgehead atoms. The summed E-state index contributed by atoms with van der Waals surface area (Å²) in [5, 5.41) is 10.7. The van der Waals surface area contributed by atoms with Crippen LogP contribution in [0.2, 0.25) is 0 Å². The number of aryl methyl sites for hydroxylation is 2. The molecule has 2 heterocycles. The molecule has 1 aromatic heterocycles. The first-order valence-corrected chi connectivity index (χ1v) is 10.9. The molecule has 1 aromatic rings. The molecule has 0 aliphatic carbocycles. The summed E-state index contributed by atoms with van der Waals surface area (Å²) in [5.74, 6) is 1.79. The zero-order chi connectivity index (χ0) is 19.2. The maximum Gasteiger partial charge on any atom is 0.213 e. The Morgan fingerprint density at radius 3 is 2.54 bits per heavy atom. The van der Waals surface area contributed by atoms with Crippen molar-refractivity contribution in [3.8, 4) is 0 Å².